The van der Waals surface area contributed by atoms with E-state index in [1.807, 2.05) is 49.5 Å². The van der Waals surface area contributed by atoms with Crippen molar-refractivity contribution in [3.63, 3.8) is 0 Å². The minimum absolute atomic E-state index is 0.112. The Balaban J connectivity index is 1.49. The van der Waals surface area contributed by atoms with Crippen molar-refractivity contribution in [2.24, 2.45) is 7.05 Å². The molecular weight excluding hydrogens is 326 g/mol. The highest BCUT2D eigenvalue weighted by Gasteiger charge is 2.17. The number of carbonyl (C=O) groups is 1. The zero-order chi connectivity index (χ0) is 17.9. The fraction of sp³-hybridized carbons (Fsp3) is 0.333. The quantitative estimate of drug-likeness (QED) is 0.753. The number of aromatic nitrogens is 2. The molecule has 4 rings (SSSR count). The van der Waals surface area contributed by atoms with Crippen molar-refractivity contribution < 1.29 is 9.53 Å². The van der Waals surface area contributed by atoms with Crippen LogP contribution in [0.4, 0.5) is 5.69 Å². The summed E-state index contributed by atoms with van der Waals surface area (Å²) in [6, 6.07) is 15.8. The number of aryl methyl sites for hydroxylation is 1. The van der Waals surface area contributed by atoms with Gasteiger partial charge in [0, 0.05) is 18.3 Å². The van der Waals surface area contributed by atoms with Crippen molar-refractivity contribution in [1.29, 1.82) is 0 Å². The third kappa shape index (κ3) is 3.48. The van der Waals surface area contributed by atoms with E-state index in [9.17, 15) is 4.79 Å². The molecule has 1 N–H and O–H groups in total. The molecule has 1 fully saturated rings. The fourth-order valence-electron chi connectivity index (χ4n) is 3.59. The summed E-state index contributed by atoms with van der Waals surface area (Å²) in [5, 5.41) is 2.93. The Hall–Kier alpha value is -2.66. The third-order valence-electron chi connectivity index (χ3n) is 4.94. The number of nitrogens with zero attached hydrogens (tertiary/aromatic N) is 2. The molecule has 5 heteroatoms. The molecule has 1 aliphatic carbocycles. The van der Waals surface area contributed by atoms with Crippen LogP contribution in [0, 0.1) is 0 Å². The molecule has 5 nitrogen and oxygen atoms in total. The second kappa shape index (κ2) is 7.30. The molecule has 1 amide bonds. The standard InChI is InChI=1S/C21H23N3O2/c1-24-19-12-5-4-11-18(19)23-21(24)15-7-6-8-16(13-15)22-20(25)14-26-17-9-2-3-10-17/h4-8,11-13,17H,2-3,9-10,14H2,1H3,(H,22,25). The van der Waals surface area contributed by atoms with E-state index in [2.05, 4.69) is 16.0 Å². The van der Waals surface area contributed by atoms with Crippen LogP contribution in [0.5, 0.6) is 0 Å². The molecule has 1 saturated carbocycles. The SMILES string of the molecule is Cn1c(-c2cccc(NC(=O)COC3CCCC3)c2)nc2ccccc21. The van der Waals surface area contributed by atoms with Gasteiger partial charge < -0.3 is 14.6 Å². The van der Waals surface area contributed by atoms with Gasteiger partial charge in [0.05, 0.1) is 17.1 Å². The average Bonchev–Trinajstić information content (AvgIpc) is 3.29. The topological polar surface area (TPSA) is 56.2 Å². The molecule has 0 atom stereocenters. The van der Waals surface area contributed by atoms with E-state index in [1.165, 1.54) is 12.8 Å². The lowest BCUT2D eigenvalue weighted by atomic mass is 10.2. The van der Waals surface area contributed by atoms with Crippen LogP contribution in [-0.2, 0) is 16.6 Å². The molecule has 1 heterocycles. The second-order valence-corrected chi connectivity index (χ2v) is 6.83. The van der Waals surface area contributed by atoms with Crippen LogP contribution in [0.25, 0.3) is 22.4 Å². The monoisotopic (exact) mass is 349 g/mol. The van der Waals surface area contributed by atoms with E-state index < -0.39 is 0 Å². The summed E-state index contributed by atoms with van der Waals surface area (Å²) >= 11 is 0. The summed E-state index contributed by atoms with van der Waals surface area (Å²) in [6.45, 7) is 0.112. The molecule has 1 aliphatic rings. The van der Waals surface area contributed by atoms with E-state index in [0.717, 1.165) is 41.0 Å². The van der Waals surface area contributed by atoms with Gasteiger partial charge in [0.15, 0.2) is 0 Å². The number of nitrogens with one attached hydrogen (secondary N) is 1. The minimum Gasteiger partial charge on any atom is -0.368 e. The molecule has 0 unspecified atom stereocenters. The molecule has 3 aromatic rings. The molecule has 0 spiro atoms. The lowest BCUT2D eigenvalue weighted by molar-refractivity contribution is -0.122. The average molecular weight is 349 g/mol. The maximum Gasteiger partial charge on any atom is 0.250 e. The summed E-state index contributed by atoms with van der Waals surface area (Å²) in [4.78, 5) is 16.9. The Bertz CT molecular complexity index is 926. The second-order valence-electron chi connectivity index (χ2n) is 6.83. The van der Waals surface area contributed by atoms with Gasteiger partial charge in [-0.05, 0) is 37.1 Å². The van der Waals surface area contributed by atoms with E-state index >= 15 is 0 Å². The molecule has 0 saturated heterocycles. The molecule has 0 radical (unpaired) electrons. The zero-order valence-electron chi connectivity index (χ0n) is 14.9. The van der Waals surface area contributed by atoms with Gasteiger partial charge in [-0.1, -0.05) is 37.1 Å². The van der Waals surface area contributed by atoms with Crippen molar-refractivity contribution in [3.8, 4) is 11.4 Å². The van der Waals surface area contributed by atoms with Crippen LogP contribution >= 0.6 is 0 Å². The van der Waals surface area contributed by atoms with Crippen molar-refractivity contribution in [1.82, 2.24) is 9.55 Å². The number of rotatable bonds is 5. The van der Waals surface area contributed by atoms with Crippen LogP contribution in [0.1, 0.15) is 25.7 Å². The highest BCUT2D eigenvalue weighted by molar-refractivity contribution is 5.92. The van der Waals surface area contributed by atoms with Crippen LogP contribution in [-0.4, -0.2) is 28.2 Å². The number of amides is 1. The Morgan fingerprint density at radius 1 is 1.19 bits per heavy atom. The van der Waals surface area contributed by atoms with Gasteiger partial charge in [-0.3, -0.25) is 4.79 Å². The predicted octanol–water partition coefficient (Wildman–Crippen LogP) is 4.14. The first-order chi connectivity index (χ1) is 12.7. The molecule has 2 aromatic carbocycles. The number of carbonyl (C=O) groups excluding carboxylic acids is 1. The van der Waals surface area contributed by atoms with Gasteiger partial charge in [0.2, 0.25) is 5.91 Å². The summed E-state index contributed by atoms with van der Waals surface area (Å²) in [5.74, 6) is 0.767. The number of ether oxygens (including phenoxy) is 1. The number of benzene rings is 2. The summed E-state index contributed by atoms with van der Waals surface area (Å²) in [7, 11) is 2.01. The van der Waals surface area contributed by atoms with Gasteiger partial charge in [-0.25, -0.2) is 4.98 Å². The van der Waals surface area contributed by atoms with Gasteiger partial charge in [-0.15, -0.1) is 0 Å². The number of anilines is 1. The van der Waals surface area contributed by atoms with Crippen molar-refractivity contribution in [3.05, 3.63) is 48.5 Å². The van der Waals surface area contributed by atoms with Crippen LogP contribution in [0.15, 0.2) is 48.5 Å². The Morgan fingerprint density at radius 3 is 2.81 bits per heavy atom. The van der Waals surface area contributed by atoms with Gasteiger partial charge in [0.1, 0.15) is 12.4 Å². The first-order valence-corrected chi connectivity index (χ1v) is 9.14. The maximum absolute atomic E-state index is 12.2. The highest BCUT2D eigenvalue weighted by atomic mass is 16.5. The van der Waals surface area contributed by atoms with Gasteiger partial charge in [0.25, 0.3) is 0 Å². The number of imidazole rings is 1. The Labute approximate surface area is 153 Å². The molecule has 26 heavy (non-hydrogen) atoms. The van der Waals surface area contributed by atoms with Gasteiger partial charge >= 0.3 is 0 Å². The first kappa shape index (κ1) is 16.8. The third-order valence-corrected chi connectivity index (χ3v) is 4.94. The molecule has 0 aliphatic heterocycles. The van der Waals surface area contributed by atoms with Crippen molar-refractivity contribution >= 4 is 22.6 Å². The van der Waals surface area contributed by atoms with Gasteiger partial charge in [-0.2, -0.15) is 0 Å². The summed E-state index contributed by atoms with van der Waals surface area (Å²) in [5.41, 5.74) is 3.78. The number of fused-ring (bicyclic) bond motifs is 1. The molecule has 0 bridgehead atoms. The number of para-hydroxylation sites is 2. The maximum atomic E-state index is 12.2. The number of hydrogen-bond donors (Lipinski definition) is 1. The minimum atomic E-state index is -0.112. The number of hydrogen-bond acceptors (Lipinski definition) is 3. The molecular formula is C21H23N3O2. The molecule has 134 valence electrons. The Kier molecular flexibility index (Phi) is 4.71. The summed E-state index contributed by atoms with van der Waals surface area (Å²) in [6.07, 6.45) is 4.77. The lowest BCUT2D eigenvalue weighted by Crippen LogP contribution is -2.21. The van der Waals surface area contributed by atoms with E-state index in [4.69, 9.17) is 9.72 Å². The van der Waals surface area contributed by atoms with Crippen molar-refractivity contribution in [2.45, 2.75) is 31.8 Å². The smallest absolute Gasteiger partial charge is 0.250 e. The van der Waals surface area contributed by atoms with Crippen LogP contribution in [0.2, 0.25) is 0 Å². The van der Waals surface area contributed by atoms with Crippen LogP contribution in [0.3, 0.4) is 0 Å². The van der Waals surface area contributed by atoms with Crippen LogP contribution < -0.4 is 5.32 Å². The normalized spacial score (nSPS) is 14.8. The van der Waals surface area contributed by atoms with Crippen molar-refractivity contribution in [2.75, 3.05) is 11.9 Å². The van der Waals surface area contributed by atoms with E-state index in [-0.39, 0.29) is 18.6 Å². The zero-order valence-corrected chi connectivity index (χ0v) is 14.9. The Morgan fingerprint density at radius 2 is 2.00 bits per heavy atom. The van der Waals surface area contributed by atoms with E-state index in [1.54, 1.807) is 0 Å². The molecule has 1 aromatic heterocycles. The van der Waals surface area contributed by atoms with E-state index in [0.29, 0.717) is 0 Å². The first-order valence-electron chi connectivity index (χ1n) is 9.14. The lowest BCUT2D eigenvalue weighted by Gasteiger charge is -2.11. The summed E-state index contributed by atoms with van der Waals surface area (Å²) < 4.78 is 7.75. The predicted molar refractivity (Wildman–Crippen MR) is 103 cm³/mol. The largest absolute Gasteiger partial charge is 0.368 e. The fourth-order valence-corrected chi connectivity index (χ4v) is 3.59. The highest BCUT2D eigenvalue weighted by Crippen LogP contribution is 2.26.